The molecule has 0 bridgehead atoms. The highest BCUT2D eigenvalue weighted by atomic mass is 32.2. The zero-order valence-electron chi connectivity index (χ0n) is 11.5. The fourth-order valence-corrected chi connectivity index (χ4v) is 4.74. The van der Waals surface area contributed by atoms with Crippen molar-refractivity contribution in [3.8, 4) is 0 Å². The van der Waals surface area contributed by atoms with Crippen molar-refractivity contribution >= 4 is 9.84 Å². The topological polar surface area (TPSA) is 85.1 Å². The predicted octanol–water partition coefficient (Wildman–Crippen LogP) is 0.200. The molecule has 2 aliphatic heterocycles. The van der Waals surface area contributed by atoms with E-state index in [0.717, 1.165) is 50.3 Å². The second-order valence-electron chi connectivity index (χ2n) is 6.03. The number of rotatable bonds is 3. The number of hydrogen-bond donors (Lipinski definition) is 1. The van der Waals surface area contributed by atoms with Gasteiger partial charge in [0, 0.05) is 31.9 Å². The summed E-state index contributed by atoms with van der Waals surface area (Å²) in [6.45, 7) is 0.998. The van der Waals surface area contributed by atoms with Crippen LogP contribution in [-0.2, 0) is 29.2 Å². The lowest BCUT2D eigenvalue weighted by Gasteiger charge is -2.25. The number of aliphatic hydroxyl groups excluding tert-OH is 1. The predicted molar refractivity (Wildman–Crippen MR) is 74.0 cm³/mol. The lowest BCUT2D eigenvalue weighted by molar-refractivity contribution is 0.189. The number of aromatic nitrogens is 3. The highest BCUT2D eigenvalue weighted by Gasteiger charge is 2.27. The summed E-state index contributed by atoms with van der Waals surface area (Å²) >= 11 is 0. The Morgan fingerprint density at radius 2 is 1.90 bits per heavy atom. The summed E-state index contributed by atoms with van der Waals surface area (Å²) in [6.07, 6.45) is 4.11. The molecule has 1 aromatic heterocycles. The minimum Gasteiger partial charge on any atom is -0.396 e. The van der Waals surface area contributed by atoms with Crippen LogP contribution in [0.2, 0.25) is 0 Å². The molecule has 1 unspecified atom stereocenters. The SMILES string of the molecule is O=S1(=O)CCC(Cc2nnc3n2CC(CO)CC3)CC1. The van der Waals surface area contributed by atoms with E-state index < -0.39 is 9.84 Å². The minimum atomic E-state index is -2.80. The van der Waals surface area contributed by atoms with Gasteiger partial charge in [-0.25, -0.2) is 8.42 Å². The van der Waals surface area contributed by atoms with Gasteiger partial charge in [-0.15, -0.1) is 10.2 Å². The maximum Gasteiger partial charge on any atom is 0.150 e. The average molecular weight is 299 g/mol. The van der Waals surface area contributed by atoms with Crippen LogP contribution in [0.4, 0.5) is 0 Å². The summed E-state index contributed by atoms with van der Waals surface area (Å²) in [5.41, 5.74) is 0. The Labute approximate surface area is 119 Å². The van der Waals surface area contributed by atoms with Gasteiger partial charge in [0.1, 0.15) is 21.5 Å². The number of hydrogen-bond acceptors (Lipinski definition) is 5. The van der Waals surface area contributed by atoms with E-state index >= 15 is 0 Å². The molecule has 1 atom stereocenters. The van der Waals surface area contributed by atoms with Crippen molar-refractivity contribution in [3.05, 3.63) is 11.6 Å². The fourth-order valence-electron chi connectivity index (χ4n) is 3.15. The summed E-state index contributed by atoms with van der Waals surface area (Å²) in [5.74, 6) is 3.26. The number of aryl methyl sites for hydroxylation is 1. The van der Waals surface area contributed by atoms with Crippen LogP contribution in [-0.4, -0.2) is 46.4 Å². The first kappa shape index (κ1) is 14.0. The second kappa shape index (κ2) is 5.44. The van der Waals surface area contributed by atoms with Crippen molar-refractivity contribution in [3.63, 3.8) is 0 Å². The molecule has 112 valence electrons. The van der Waals surface area contributed by atoms with E-state index in [9.17, 15) is 13.5 Å². The highest BCUT2D eigenvalue weighted by molar-refractivity contribution is 7.91. The van der Waals surface area contributed by atoms with Crippen molar-refractivity contribution in [2.45, 2.75) is 38.6 Å². The molecule has 0 amide bonds. The van der Waals surface area contributed by atoms with Gasteiger partial charge in [0.25, 0.3) is 0 Å². The van der Waals surface area contributed by atoms with E-state index in [-0.39, 0.29) is 6.61 Å². The molecule has 2 aliphatic rings. The molecule has 1 fully saturated rings. The Hall–Kier alpha value is -0.950. The number of fused-ring (bicyclic) bond motifs is 1. The van der Waals surface area contributed by atoms with Gasteiger partial charge in [-0.1, -0.05) is 0 Å². The van der Waals surface area contributed by atoms with Crippen LogP contribution >= 0.6 is 0 Å². The summed E-state index contributed by atoms with van der Waals surface area (Å²) in [7, 11) is -2.80. The van der Waals surface area contributed by atoms with Crippen molar-refractivity contribution in [1.29, 1.82) is 0 Å². The van der Waals surface area contributed by atoms with E-state index in [1.807, 2.05) is 0 Å². The van der Waals surface area contributed by atoms with Crippen LogP contribution in [0.25, 0.3) is 0 Å². The fraction of sp³-hybridized carbons (Fsp3) is 0.846. The van der Waals surface area contributed by atoms with E-state index in [2.05, 4.69) is 14.8 Å². The molecule has 0 aliphatic carbocycles. The molecule has 1 saturated heterocycles. The first-order chi connectivity index (χ1) is 9.57. The summed E-state index contributed by atoms with van der Waals surface area (Å²) < 4.78 is 25.0. The lowest BCUT2D eigenvalue weighted by Crippen LogP contribution is -2.27. The Morgan fingerprint density at radius 3 is 2.60 bits per heavy atom. The van der Waals surface area contributed by atoms with Crippen LogP contribution in [0.15, 0.2) is 0 Å². The monoisotopic (exact) mass is 299 g/mol. The van der Waals surface area contributed by atoms with Gasteiger partial charge in [-0.3, -0.25) is 0 Å². The van der Waals surface area contributed by atoms with E-state index in [0.29, 0.717) is 23.3 Å². The van der Waals surface area contributed by atoms with Crippen molar-refractivity contribution < 1.29 is 13.5 Å². The number of nitrogens with zero attached hydrogens (tertiary/aromatic N) is 3. The minimum absolute atomic E-state index is 0.207. The Bertz CT molecular complexity index is 568. The molecule has 1 aromatic rings. The van der Waals surface area contributed by atoms with Gasteiger partial charge < -0.3 is 9.67 Å². The van der Waals surface area contributed by atoms with Crippen molar-refractivity contribution in [2.75, 3.05) is 18.1 Å². The van der Waals surface area contributed by atoms with Gasteiger partial charge in [-0.05, 0) is 25.2 Å². The lowest BCUT2D eigenvalue weighted by atomic mass is 9.97. The third-order valence-corrected chi connectivity index (χ3v) is 6.24. The normalized spacial score (nSPS) is 26.4. The van der Waals surface area contributed by atoms with Gasteiger partial charge in [-0.2, -0.15) is 0 Å². The average Bonchev–Trinajstić information content (AvgIpc) is 2.83. The van der Waals surface area contributed by atoms with Gasteiger partial charge in [0.2, 0.25) is 0 Å². The van der Waals surface area contributed by atoms with E-state index in [1.54, 1.807) is 0 Å². The Morgan fingerprint density at radius 1 is 1.15 bits per heavy atom. The van der Waals surface area contributed by atoms with Crippen molar-refractivity contribution in [1.82, 2.24) is 14.8 Å². The zero-order valence-corrected chi connectivity index (χ0v) is 12.3. The van der Waals surface area contributed by atoms with Gasteiger partial charge in [0.05, 0.1) is 11.5 Å². The van der Waals surface area contributed by atoms with Crippen LogP contribution in [0.5, 0.6) is 0 Å². The molecule has 3 rings (SSSR count). The van der Waals surface area contributed by atoms with Crippen LogP contribution in [0.3, 0.4) is 0 Å². The number of aliphatic hydroxyl groups is 1. The second-order valence-corrected chi connectivity index (χ2v) is 8.33. The van der Waals surface area contributed by atoms with Crippen molar-refractivity contribution in [2.24, 2.45) is 11.8 Å². The molecule has 3 heterocycles. The smallest absolute Gasteiger partial charge is 0.150 e. The quantitative estimate of drug-likeness (QED) is 0.862. The maximum atomic E-state index is 11.5. The maximum absolute atomic E-state index is 11.5. The summed E-state index contributed by atoms with van der Waals surface area (Å²) in [6, 6.07) is 0. The van der Waals surface area contributed by atoms with Crippen LogP contribution in [0, 0.1) is 11.8 Å². The molecule has 6 nitrogen and oxygen atoms in total. The van der Waals surface area contributed by atoms with E-state index in [4.69, 9.17) is 0 Å². The molecule has 20 heavy (non-hydrogen) atoms. The summed E-state index contributed by atoms with van der Waals surface area (Å²) in [4.78, 5) is 0. The molecule has 7 heteroatoms. The largest absolute Gasteiger partial charge is 0.396 e. The van der Waals surface area contributed by atoms with E-state index in [1.165, 1.54) is 0 Å². The van der Waals surface area contributed by atoms with Crippen LogP contribution < -0.4 is 0 Å². The third kappa shape index (κ3) is 2.88. The van der Waals surface area contributed by atoms with Gasteiger partial charge >= 0.3 is 0 Å². The first-order valence-electron chi connectivity index (χ1n) is 7.29. The van der Waals surface area contributed by atoms with Gasteiger partial charge in [0.15, 0.2) is 0 Å². The number of sulfone groups is 1. The Kier molecular flexibility index (Phi) is 3.81. The molecule has 1 N–H and O–H groups in total. The molecular weight excluding hydrogens is 278 g/mol. The molecule has 0 radical (unpaired) electrons. The molecular formula is C13H21N3O3S. The molecule has 0 spiro atoms. The zero-order chi connectivity index (χ0) is 14.2. The standard InChI is InChI=1S/C13H21N3O3S/c17-9-11-1-2-12-14-15-13(16(12)8-11)7-10-3-5-20(18,19)6-4-10/h10-11,17H,1-9H2. The highest BCUT2D eigenvalue weighted by Crippen LogP contribution is 2.25. The molecule has 0 aromatic carbocycles. The summed E-state index contributed by atoms with van der Waals surface area (Å²) in [5, 5.41) is 17.8. The first-order valence-corrected chi connectivity index (χ1v) is 9.12. The van der Waals surface area contributed by atoms with Crippen LogP contribution in [0.1, 0.15) is 30.9 Å². The third-order valence-electron chi connectivity index (χ3n) is 4.52. The molecule has 0 saturated carbocycles. The Balaban J connectivity index is 1.69.